The zero-order valence-corrected chi connectivity index (χ0v) is 24.4. The first-order valence-electron chi connectivity index (χ1n) is 17.1. The Bertz CT molecular complexity index is 2070. The molecule has 1 aliphatic carbocycles. The number of esters is 1. The number of H-pyrrole nitrogens is 1. The maximum atomic E-state index is 13.3. The number of hydrogen-bond acceptors (Lipinski definition) is 9. The van der Waals surface area contributed by atoms with Crippen molar-refractivity contribution in [2.24, 2.45) is 0 Å². The number of nitrogens with zero attached hydrogens (tertiary/aromatic N) is 5. The maximum Gasteiger partial charge on any atom is 0.511 e. The number of nitrogens with one attached hydrogen (secondary N) is 1. The van der Waals surface area contributed by atoms with Crippen LogP contribution in [-0.2, 0) is 27.3 Å². The summed E-state index contributed by atoms with van der Waals surface area (Å²) in [5.41, 5.74) is 3.06. The van der Waals surface area contributed by atoms with E-state index in [4.69, 9.17) is 21.1 Å². The molecular weight excluding hydrogens is 576 g/mol. The Hall–Kier alpha value is -5.26. The molecule has 1 N–H and O–H groups in total. The third kappa shape index (κ3) is 6.64. The predicted molar refractivity (Wildman–Crippen MR) is 165 cm³/mol. The van der Waals surface area contributed by atoms with Crippen molar-refractivity contribution in [2.75, 3.05) is 0 Å². The Morgan fingerprint density at radius 2 is 1.80 bits per heavy atom. The number of carbonyl (C=O) groups is 2. The van der Waals surface area contributed by atoms with Crippen LogP contribution in [-0.4, -0.2) is 54.3 Å². The van der Waals surface area contributed by atoms with E-state index in [9.17, 15) is 14.4 Å². The first kappa shape index (κ1) is 24.1. The molecule has 0 spiro atoms. The summed E-state index contributed by atoms with van der Waals surface area (Å²) in [6.07, 6.45) is 2.25. The fourth-order valence-electron chi connectivity index (χ4n) is 5.53. The SMILES string of the molecule is [2H]C([2H])([2H])C([2H])([2H])n1nnc(-c2ccccc2-c2ccc(Cn3c(=O)[nH]c4cccc(C(=O)OC(C)OC(=O)OC5CCCCC5)c43)cc2)n1. The molecule has 6 rings (SSSR count). The van der Waals surface area contributed by atoms with Gasteiger partial charge in [-0.25, -0.2) is 14.4 Å². The van der Waals surface area contributed by atoms with E-state index in [1.807, 2.05) is 30.3 Å². The van der Waals surface area contributed by atoms with Crippen molar-refractivity contribution in [1.29, 1.82) is 0 Å². The highest BCUT2D eigenvalue weighted by Crippen LogP contribution is 2.30. The van der Waals surface area contributed by atoms with Gasteiger partial charge in [-0.3, -0.25) is 4.57 Å². The highest BCUT2D eigenvalue weighted by atomic mass is 16.8. The molecule has 1 atom stereocenters. The van der Waals surface area contributed by atoms with Crippen LogP contribution >= 0.6 is 0 Å². The lowest BCUT2D eigenvalue weighted by molar-refractivity contribution is -0.0914. The summed E-state index contributed by atoms with van der Waals surface area (Å²) in [5.74, 6) is -0.742. The number of ether oxygens (including phenoxy) is 3. The van der Waals surface area contributed by atoms with Gasteiger partial charge in [0, 0.05) is 16.6 Å². The molecule has 45 heavy (non-hydrogen) atoms. The first-order valence-corrected chi connectivity index (χ1v) is 14.6. The number of aromatic amines is 1. The van der Waals surface area contributed by atoms with E-state index in [-0.39, 0.29) is 24.0 Å². The lowest BCUT2D eigenvalue weighted by Crippen LogP contribution is -2.27. The average molecular weight is 616 g/mol. The minimum Gasteiger partial charge on any atom is -0.431 e. The van der Waals surface area contributed by atoms with E-state index >= 15 is 0 Å². The summed E-state index contributed by atoms with van der Waals surface area (Å²) in [5, 5.41) is 11.6. The number of hydrogen-bond donors (Lipinski definition) is 1. The van der Waals surface area contributed by atoms with Gasteiger partial charge in [-0.05, 0) is 66.6 Å². The third-order valence-electron chi connectivity index (χ3n) is 7.65. The molecule has 0 bridgehead atoms. The van der Waals surface area contributed by atoms with Gasteiger partial charge in [0.2, 0.25) is 12.1 Å². The molecule has 2 aromatic heterocycles. The number of tetrazole rings is 1. The van der Waals surface area contributed by atoms with Crippen molar-refractivity contribution < 1.29 is 30.7 Å². The number of aromatic nitrogens is 6. The van der Waals surface area contributed by atoms with Crippen molar-refractivity contribution in [2.45, 2.75) is 71.3 Å². The van der Waals surface area contributed by atoms with Crippen LogP contribution in [0.4, 0.5) is 4.79 Å². The second kappa shape index (κ2) is 13.2. The number of carbonyl (C=O) groups excluding carboxylic acids is 2. The molecule has 0 radical (unpaired) electrons. The number of para-hydroxylation sites is 1. The lowest BCUT2D eigenvalue weighted by atomic mass is 9.98. The molecule has 232 valence electrons. The summed E-state index contributed by atoms with van der Waals surface area (Å²) < 4.78 is 55.7. The monoisotopic (exact) mass is 615 g/mol. The predicted octanol–water partition coefficient (Wildman–Crippen LogP) is 5.71. The Morgan fingerprint density at radius 3 is 2.58 bits per heavy atom. The van der Waals surface area contributed by atoms with Crippen LogP contribution in [0.3, 0.4) is 0 Å². The van der Waals surface area contributed by atoms with Crippen LogP contribution in [0.1, 0.15) is 68.7 Å². The lowest BCUT2D eigenvalue weighted by Gasteiger charge is -2.22. The molecular formula is C33H34N6O6. The summed E-state index contributed by atoms with van der Waals surface area (Å²) in [4.78, 5) is 41.8. The average Bonchev–Trinajstić information content (AvgIpc) is 3.70. The van der Waals surface area contributed by atoms with Crippen LogP contribution in [0.15, 0.2) is 71.5 Å². The van der Waals surface area contributed by atoms with Crippen molar-refractivity contribution in [3.8, 4) is 22.5 Å². The molecule has 1 saturated carbocycles. The highest BCUT2D eigenvalue weighted by molar-refractivity contribution is 6.02. The van der Waals surface area contributed by atoms with E-state index in [1.54, 1.807) is 30.3 Å². The summed E-state index contributed by atoms with van der Waals surface area (Å²) >= 11 is 0. The molecule has 12 nitrogen and oxygen atoms in total. The van der Waals surface area contributed by atoms with Crippen molar-refractivity contribution >= 4 is 23.2 Å². The zero-order chi connectivity index (χ0) is 35.6. The fourth-order valence-corrected chi connectivity index (χ4v) is 5.53. The molecule has 1 aliphatic rings. The fraction of sp³-hybridized carbons (Fsp3) is 0.333. The van der Waals surface area contributed by atoms with E-state index in [0.717, 1.165) is 43.2 Å². The smallest absolute Gasteiger partial charge is 0.431 e. The van der Waals surface area contributed by atoms with Crippen molar-refractivity contribution in [3.05, 3.63) is 88.3 Å². The highest BCUT2D eigenvalue weighted by Gasteiger charge is 2.24. The Labute approximate surface area is 265 Å². The van der Waals surface area contributed by atoms with Gasteiger partial charge in [-0.2, -0.15) is 4.80 Å². The molecule has 2 heterocycles. The molecule has 5 aromatic rings. The van der Waals surface area contributed by atoms with Gasteiger partial charge >= 0.3 is 17.8 Å². The Balaban J connectivity index is 1.20. The topological polar surface area (TPSA) is 143 Å². The van der Waals surface area contributed by atoms with Gasteiger partial charge in [0.15, 0.2) is 0 Å². The molecule has 1 unspecified atom stereocenters. The van der Waals surface area contributed by atoms with E-state index in [2.05, 4.69) is 20.4 Å². The molecule has 0 aliphatic heterocycles. The first-order chi connectivity index (χ1) is 23.8. The Kier molecular flexibility index (Phi) is 7.05. The van der Waals surface area contributed by atoms with Gasteiger partial charge in [-0.15, -0.1) is 10.2 Å². The van der Waals surface area contributed by atoms with Gasteiger partial charge in [-0.1, -0.05) is 61.0 Å². The van der Waals surface area contributed by atoms with Crippen LogP contribution in [0.25, 0.3) is 33.5 Å². The number of imidazole rings is 1. The van der Waals surface area contributed by atoms with Crippen LogP contribution in [0.5, 0.6) is 0 Å². The van der Waals surface area contributed by atoms with Gasteiger partial charge in [0.1, 0.15) is 6.10 Å². The number of fused-ring (bicyclic) bond motifs is 1. The molecule has 0 saturated heterocycles. The van der Waals surface area contributed by atoms with Gasteiger partial charge in [0.25, 0.3) is 0 Å². The number of aryl methyl sites for hydroxylation is 1. The molecule has 3 aromatic carbocycles. The van der Waals surface area contributed by atoms with E-state index in [0.29, 0.717) is 27.0 Å². The third-order valence-corrected chi connectivity index (χ3v) is 7.65. The Morgan fingerprint density at radius 1 is 1.02 bits per heavy atom. The number of benzene rings is 3. The molecule has 1 fully saturated rings. The molecule has 12 heteroatoms. The standard InChI is InChI=1S/C33H34N6O6/c1-3-39-36-30(35-37-39)26-13-8-7-12-25(26)23-18-16-22(17-19-23)20-38-29-27(14-9-15-28(29)34-32(38)41)31(40)43-21(2)44-33(42)45-24-10-5-4-6-11-24/h7-9,12-19,21,24H,3-6,10-11,20H2,1-2H3,(H,34,41)/i1D3,3D2. The zero-order valence-electron chi connectivity index (χ0n) is 29.4. The van der Waals surface area contributed by atoms with Crippen LogP contribution < -0.4 is 5.69 Å². The van der Waals surface area contributed by atoms with Crippen molar-refractivity contribution in [3.63, 3.8) is 0 Å². The van der Waals surface area contributed by atoms with E-state index < -0.39 is 37.5 Å². The summed E-state index contributed by atoms with van der Waals surface area (Å²) in [6, 6.07) is 19.1. The quantitative estimate of drug-likeness (QED) is 0.163. The van der Waals surface area contributed by atoms with Gasteiger partial charge in [0.05, 0.1) is 32.4 Å². The minimum atomic E-state index is -3.01. The second-order valence-corrected chi connectivity index (χ2v) is 10.7. The normalized spacial score (nSPS) is 16.5. The van der Waals surface area contributed by atoms with Crippen molar-refractivity contribution in [1.82, 2.24) is 29.8 Å². The van der Waals surface area contributed by atoms with Crippen LogP contribution in [0, 0.1) is 0 Å². The molecule has 0 amide bonds. The van der Waals surface area contributed by atoms with Gasteiger partial charge < -0.3 is 19.2 Å². The summed E-state index contributed by atoms with van der Waals surface area (Å²) in [7, 11) is 0. The van der Waals surface area contributed by atoms with E-state index in [1.165, 1.54) is 17.6 Å². The minimum absolute atomic E-state index is 0.0448. The largest absolute Gasteiger partial charge is 0.511 e. The maximum absolute atomic E-state index is 13.3. The van der Waals surface area contributed by atoms with Crippen LogP contribution in [0.2, 0.25) is 0 Å². The summed E-state index contributed by atoms with van der Waals surface area (Å²) in [6.45, 7) is -4.35. The number of rotatable bonds is 9. The second-order valence-electron chi connectivity index (χ2n) is 10.7.